The summed E-state index contributed by atoms with van der Waals surface area (Å²) in [6, 6.07) is 6.92. The number of Topliss-reactive ketones (excluding diaryl/α,β-unsaturated/α-hetero) is 1. The third-order valence-electron chi connectivity index (χ3n) is 2.69. The van der Waals surface area contributed by atoms with Crippen molar-refractivity contribution in [3.8, 4) is 0 Å². The molecule has 0 spiro atoms. The Morgan fingerprint density at radius 2 is 1.94 bits per heavy atom. The van der Waals surface area contributed by atoms with Crippen LogP contribution in [0.3, 0.4) is 0 Å². The van der Waals surface area contributed by atoms with Crippen molar-refractivity contribution in [3.63, 3.8) is 0 Å². The molecule has 1 rings (SSSR count). The summed E-state index contributed by atoms with van der Waals surface area (Å²) in [4.78, 5) is 12.0. The number of nitrogens with two attached hydrogens (primary N) is 1. The van der Waals surface area contributed by atoms with Gasteiger partial charge in [-0.15, -0.1) is 0 Å². The molecule has 0 bridgehead atoms. The minimum atomic E-state index is -0.156. The van der Waals surface area contributed by atoms with Gasteiger partial charge in [0.15, 0.2) is 5.78 Å². The first-order valence-corrected chi connectivity index (χ1v) is 5.73. The van der Waals surface area contributed by atoms with E-state index >= 15 is 0 Å². The van der Waals surface area contributed by atoms with Crippen LogP contribution in [0, 0.1) is 5.41 Å². The first-order valence-electron chi connectivity index (χ1n) is 5.35. The lowest BCUT2D eigenvalue weighted by Crippen LogP contribution is -2.37. The lowest BCUT2D eigenvalue weighted by molar-refractivity contribution is 0.0953. The van der Waals surface area contributed by atoms with Crippen LogP contribution in [-0.2, 0) is 0 Å². The normalized spacial score (nSPS) is 13.6. The quantitative estimate of drug-likeness (QED) is 0.823. The van der Waals surface area contributed by atoms with Crippen LogP contribution in [0.4, 0.5) is 0 Å². The molecule has 2 N–H and O–H groups in total. The van der Waals surface area contributed by atoms with Crippen LogP contribution in [0.25, 0.3) is 0 Å². The predicted octanol–water partition coefficient (Wildman–Crippen LogP) is 3.29. The SMILES string of the molecule is CC(C)(C)C(N)CC(=O)c1ccccc1Cl. The molecule has 0 amide bonds. The fourth-order valence-electron chi connectivity index (χ4n) is 1.30. The predicted molar refractivity (Wildman–Crippen MR) is 67.8 cm³/mol. The standard InChI is InChI=1S/C13H18ClNO/c1-13(2,3)12(15)8-11(16)9-6-4-5-7-10(9)14/h4-7,12H,8,15H2,1-3H3. The molecular weight excluding hydrogens is 222 g/mol. The van der Waals surface area contributed by atoms with Gasteiger partial charge in [-0.25, -0.2) is 0 Å². The number of halogens is 1. The van der Waals surface area contributed by atoms with Crippen LogP contribution in [0.15, 0.2) is 24.3 Å². The molecule has 2 nitrogen and oxygen atoms in total. The maximum atomic E-state index is 12.0. The number of hydrogen-bond donors (Lipinski definition) is 1. The fourth-order valence-corrected chi connectivity index (χ4v) is 1.54. The van der Waals surface area contributed by atoms with Crippen molar-refractivity contribution in [2.45, 2.75) is 33.2 Å². The maximum absolute atomic E-state index is 12.0. The van der Waals surface area contributed by atoms with Gasteiger partial charge in [0.2, 0.25) is 0 Å². The number of carbonyl (C=O) groups is 1. The van der Waals surface area contributed by atoms with Gasteiger partial charge < -0.3 is 5.73 Å². The van der Waals surface area contributed by atoms with E-state index in [0.29, 0.717) is 17.0 Å². The number of rotatable bonds is 3. The highest BCUT2D eigenvalue weighted by atomic mass is 35.5. The van der Waals surface area contributed by atoms with Gasteiger partial charge in [-0.05, 0) is 17.5 Å². The highest BCUT2D eigenvalue weighted by molar-refractivity contribution is 6.33. The molecule has 1 aromatic carbocycles. The second kappa shape index (κ2) is 4.98. The number of hydrogen-bond acceptors (Lipinski definition) is 2. The zero-order chi connectivity index (χ0) is 12.3. The van der Waals surface area contributed by atoms with Crippen LogP contribution < -0.4 is 5.73 Å². The summed E-state index contributed by atoms with van der Waals surface area (Å²) in [6.45, 7) is 6.08. The summed E-state index contributed by atoms with van der Waals surface area (Å²) >= 11 is 5.96. The number of carbonyl (C=O) groups excluding carboxylic acids is 1. The van der Waals surface area contributed by atoms with Crippen LogP contribution in [0.1, 0.15) is 37.6 Å². The summed E-state index contributed by atoms with van der Waals surface area (Å²) in [6.07, 6.45) is 0.327. The number of benzene rings is 1. The molecule has 1 unspecified atom stereocenters. The van der Waals surface area contributed by atoms with Gasteiger partial charge in [-0.1, -0.05) is 44.5 Å². The van der Waals surface area contributed by atoms with Crippen molar-refractivity contribution in [2.75, 3.05) is 0 Å². The Kier molecular flexibility index (Phi) is 4.11. The Morgan fingerprint density at radius 1 is 1.38 bits per heavy atom. The van der Waals surface area contributed by atoms with Gasteiger partial charge in [0, 0.05) is 18.0 Å². The Labute approximate surface area is 102 Å². The van der Waals surface area contributed by atoms with Gasteiger partial charge >= 0.3 is 0 Å². The summed E-state index contributed by atoms with van der Waals surface area (Å²) in [5.41, 5.74) is 6.46. The van der Waals surface area contributed by atoms with Gasteiger partial charge in [0.1, 0.15) is 0 Å². The average molecular weight is 240 g/mol. The molecule has 1 atom stereocenters. The Bertz CT molecular complexity index is 382. The van der Waals surface area contributed by atoms with E-state index < -0.39 is 0 Å². The molecule has 16 heavy (non-hydrogen) atoms. The van der Waals surface area contributed by atoms with E-state index in [9.17, 15) is 4.79 Å². The van der Waals surface area contributed by atoms with E-state index in [2.05, 4.69) is 0 Å². The highest BCUT2D eigenvalue weighted by Gasteiger charge is 2.24. The second-order valence-corrected chi connectivity index (χ2v) is 5.49. The molecule has 0 saturated carbocycles. The number of ketones is 1. The van der Waals surface area contributed by atoms with E-state index in [4.69, 9.17) is 17.3 Å². The molecule has 0 radical (unpaired) electrons. The summed E-state index contributed by atoms with van der Waals surface area (Å²) in [5.74, 6) is 0.00743. The van der Waals surface area contributed by atoms with E-state index in [1.807, 2.05) is 32.9 Å². The van der Waals surface area contributed by atoms with Crippen molar-refractivity contribution in [1.82, 2.24) is 0 Å². The second-order valence-electron chi connectivity index (χ2n) is 5.08. The Hall–Kier alpha value is -0.860. The zero-order valence-electron chi connectivity index (χ0n) is 9.96. The molecule has 0 fully saturated rings. The average Bonchev–Trinajstić information content (AvgIpc) is 2.16. The van der Waals surface area contributed by atoms with Crippen LogP contribution in [0.2, 0.25) is 5.02 Å². The maximum Gasteiger partial charge on any atom is 0.165 e. The Morgan fingerprint density at radius 3 is 2.44 bits per heavy atom. The van der Waals surface area contributed by atoms with E-state index in [1.54, 1.807) is 12.1 Å². The molecule has 0 heterocycles. The van der Waals surface area contributed by atoms with Crippen molar-refractivity contribution in [2.24, 2.45) is 11.1 Å². The third kappa shape index (κ3) is 3.32. The summed E-state index contributed by atoms with van der Waals surface area (Å²) in [7, 11) is 0. The molecule has 0 aliphatic carbocycles. The molecule has 3 heteroatoms. The zero-order valence-corrected chi connectivity index (χ0v) is 10.7. The van der Waals surface area contributed by atoms with Gasteiger partial charge in [-0.2, -0.15) is 0 Å². The fraction of sp³-hybridized carbons (Fsp3) is 0.462. The largest absolute Gasteiger partial charge is 0.327 e. The lowest BCUT2D eigenvalue weighted by atomic mass is 9.84. The first-order chi connectivity index (χ1) is 7.32. The van der Waals surface area contributed by atoms with Crippen molar-refractivity contribution in [3.05, 3.63) is 34.9 Å². The monoisotopic (exact) mass is 239 g/mol. The molecule has 0 saturated heterocycles. The Balaban J connectivity index is 2.78. The van der Waals surface area contributed by atoms with E-state index in [0.717, 1.165) is 0 Å². The molecule has 0 aliphatic heterocycles. The van der Waals surface area contributed by atoms with Gasteiger partial charge in [0.05, 0.1) is 5.02 Å². The lowest BCUT2D eigenvalue weighted by Gasteiger charge is -2.26. The highest BCUT2D eigenvalue weighted by Crippen LogP contribution is 2.23. The molecule has 1 aromatic rings. The third-order valence-corrected chi connectivity index (χ3v) is 3.02. The van der Waals surface area contributed by atoms with Crippen molar-refractivity contribution < 1.29 is 4.79 Å². The molecule has 0 aromatic heterocycles. The molecular formula is C13H18ClNO. The van der Waals surface area contributed by atoms with E-state index in [1.165, 1.54) is 0 Å². The minimum absolute atomic E-state index is 0.00743. The smallest absolute Gasteiger partial charge is 0.165 e. The topological polar surface area (TPSA) is 43.1 Å². The van der Waals surface area contributed by atoms with Crippen molar-refractivity contribution >= 4 is 17.4 Å². The molecule has 88 valence electrons. The van der Waals surface area contributed by atoms with Crippen LogP contribution in [0.5, 0.6) is 0 Å². The van der Waals surface area contributed by atoms with Crippen LogP contribution >= 0.6 is 11.6 Å². The van der Waals surface area contributed by atoms with Gasteiger partial charge in [-0.3, -0.25) is 4.79 Å². The van der Waals surface area contributed by atoms with E-state index in [-0.39, 0.29) is 17.2 Å². The summed E-state index contributed by atoms with van der Waals surface area (Å²) < 4.78 is 0. The minimum Gasteiger partial charge on any atom is -0.327 e. The van der Waals surface area contributed by atoms with Gasteiger partial charge in [0.25, 0.3) is 0 Å². The summed E-state index contributed by atoms with van der Waals surface area (Å²) in [5, 5.41) is 0.494. The first kappa shape index (κ1) is 13.2. The van der Waals surface area contributed by atoms with Crippen molar-refractivity contribution in [1.29, 1.82) is 0 Å². The molecule has 0 aliphatic rings. The van der Waals surface area contributed by atoms with Crippen LogP contribution in [-0.4, -0.2) is 11.8 Å².